The molecule has 160 valence electrons. The van der Waals surface area contributed by atoms with Gasteiger partial charge in [0.25, 0.3) is 0 Å². The van der Waals surface area contributed by atoms with Gasteiger partial charge in [-0.05, 0) is 5.92 Å². The lowest BCUT2D eigenvalue weighted by Crippen LogP contribution is -2.06. The van der Waals surface area contributed by atoms with Crippen LogP contribution in [-0.2, 0) is 14.2 Å². The molecule has 2 aliphatic heterocycles. The van der Waals surface area contributed by atoms with Gasteiger partial charge in [-0.2, -0.15) is 0 Å². The minimum Gasteiger partial charge on any atom is -0.376 e. The smallest absolute Gasteiger partial charge is 0.104 e. The topological polar surface area (TPSA) is 34.3 Å². The van der Waals surface area contributed by atoms with E-state index in [0.29, 0.717) is 12.2 Å². The van der Waals surface area contributed by atoms with Gasteiger partial charge in [-0.15, -0.1) is 0 Å². The van der Waals surface area contributed by atoms with E-state index < -0.39 is 0 Å². The first kappa shape index (κ1) is 23.2. The zero-order chi connectivity index (χ0) is 19.0. The zero-order valence-corrected chi connectivity index (χ0v) is 18.1. The third-order valence-electron chi connectivity index (χ3n) is 6.10. The van der Waals surface area contributed by atoms with Gasteiger partial charge in [-0.3, -0.25) is 0 Å². The van der Waals surface area contributed by atoms with Crippen molar-refractivity contribution in [1.29, 1.82) is 0 Å². The molecule has 1 saturated carbocycles. The van der Waals surface area contributed by atoms with Gasteiger partial charge >= 0.3 is 0 Å². The van der Waals surface area contributed by atoms with Crippen molar-refractivity contribution >= 4 is 0 Å². The van der Waals surface area contributed by atoms with Crippen molar-refractivity contribution in [2.24, 2.45) is 5.92 Å². The molecule has 3 rings (SSSR count). The maximum Gasteiger partial charge on any atom is 0.104 e. The highest BCUT2D eigenvalue weighted by Crippen LogP contribution is 2.27. The van der Waals surface area contributed by atoms with E-state index in [1.165, 1.54) is 103 Å². The maximum atomic E-state index is 5.23. The molecule has 1 aliphatic carbocycles. The standard InChI is InChI=1S/C18H36.C6H10O3/c1-2-3-4-5-6-7-8-9-12-15-18-16-13-10-11-14-17-18;1(5-3-8-5)7-2-6-4-9-6/h18H,2-17H2,1H3;5-6H,1-4H2. The van der Waals surface area contributed by atoms with Crippen molar-refractivity contribution in [1.82, 2.24) is 0 Å². The monoisotopic (exact) mass is 382 g/mol. The predicted octanol–water partition coefficient (Wildman–Crippen LogP) is 6.68. The molecule has 0 amide bonds. The van der Waals surface area contributed by atoms with E-state index in [1.807, 2.05) is 0 Å². The van der Waals surface area contributed by atoms with Crippen LogP contribution in [0.5, 0.6) is 0 Å². The van der Waals surface area contributed by atoms with Crippen LogP contribution in [0.1, 0.15) is 110 Å². The lowest BCUT2D eigenvalue weighted by Gasteiger charge is -2.13. The minimum atomic E-state index is 0.392. The van der Waals surface area contributed by atoms with Crippen LogP contribution in [0.3, 0.4) is 0 Å². The largest absolute Gasteiger partial charge is 0.376 e. The van der Waals surface area contributed by atoms with Gasteiger partial charge in [-0.25, -0.2) is 0 Å². The molecule has 0 N–H and O–H groups in total. The van der Waals surface area contributed by atoms with Gasteiger partial charge in [-0.1, -0.05) is 110 Å². The number of hydrogen-bond acceptors (Lipinski definition) is 3. The van der Waals surface area contributed by atoms with Crippen molar-refractivity contribution in [3.05, 3.63) is 0 Å². The first-order valence-electron chi connectivity index (χ1n) is 12.2. The summed E-state index contributed by atoms with van der Waals surface area (Å²) in [6, 6.07) is 0. The Balaban J connectivity index is 0.000000239. The molecule has 0 radical (unpaired) electrons. The van der Waals surface area contributed by atoms with Gasteiger partial charge in [0.15, 0.2) is 0 Å². The number of ether oxygens (including phenoxy) is 3. The van der Waals surface area contributed by atoms with Crippen LogP contribution in [0, 0.1) is 5.92 Å². The van der Waals surface area contributed by atoms with Crippen molar-refractivity contribution in [3.63, 3.8) is 0 Å². The molecular formula is C24H46O3. The molecule has 0 aromatic rings. The average Bonchev–Trinajstić information content (AvgIpc) is 3.56. The minimum absolute atomic E-state index is 0.392. The SMILES string of the molecule is C(OCC1CO1)C1CO1.CCCCCCCCCCCC1CCCCCC1. The molecule has 0 aromatic heterocycles. The highest BCUT2D eigenvalue weighted by atomic mass is 16.6. The summed E-state index contributed by atoms with van der Waals surface area (Å²) >= 11 is 0. The molecule has 2 atom stereocenters. The Morgan fingerprint density at radius 2 is 1.15 bits per heavy atom. The fourth-order valence-electron chi connectivity index (χ4n) is 4.06. The van der Waals surface area contributed by atoms with Crippen LogP contribution in [0.2, 0.25) is 0 Å². The van der Waals surface area contributed by atoms with Crippen molar-refractivity contribution in [2.75, 3.05) is 26.4 Å². The fourth-order valence-corrected chi connectivity index (χ4v) is 4.06. The molecular weight excluding hydrogens is 336 g/mol. The summed E-state index contributed by atoms with van der Waals surface area (Å²) in [6.07, 6.45) is 24.7. The van der Waals surface area contributed by atoms with E-state index >= 15 is 0 Å². The van der Waals surface area contributed by atoms with Gasteiger partial charge < -0.3 is 14.2 Å². The van der Waals surface area contributed by atoms with Gasteiger partial charge in [0.05, 0.1) is 26.4 Å². The fraction of sp³-hybridized carbons (Fsp3) is 1.00. The second-order valence-electron chi connectivity index (χ2n) is 8.92. The molecule has 3 heteroatoms. The van der Waals surface area contributed by atoms with Gasteiger partial charge in [0.1, 0.15) is 12.2 Å². The van der Waals surface area contributed by atoms with Crippen molar-refractivity contribution in [2.45, 2.75) is 122 Å². The molecule has 2 heterocycles. The van der Waals surface area contributed by atoms with E-state index in [4.69, 9.17) is 14.2 Å². The average molecular weight is 383 g/mol. The van der Waals surface area contributed by atoms with Crippen LogP contribution >= 0.6 is 0 Å². The van der Waals surface area contributed by atoms with Crippen molar-refractivity contribution < 1.29 is 14.2 Å². The van der Waals surface area contributed by atoms with Crippen LogP contribution in [0.25, 0.3) is 0 Å². The molecule has 0 aromatic carbocycles. The lowest BCUT2D eigenvalue weighted by molar-refractivity contribution is 0.102. The Hall–Kier alpha value is -0.120. The van der Waals surface area contributed by atoms with Crippen LogP contribution in [0.15, 0.2) is 0 Å². The molecule has 3 nitrogen and oxygen atoms in total. The highest BCUT2D eigenvalue weighted by Gasteiger charge is 2.26. The summed E-state index contributed by atoms with van der Waals surface area (Å²) in [6.45, 7) is 5.56. The number of hydrogen-bond donors (Lipinski definition) is 0. The van der Waals surface area contributed by atoms with E-state index in [9.17, 15) is 0 Å². The Morgan fingerprint density at radius 1 is 0.667 bits per heavy atom. The third-order valence-corrected chi connectivity index (χ3v) is 6.10. The van der Waals surface area contributed by atoms with Crippen LogP contribution in [-0.4, -0.2) is 38.6 Å². The summed E-state index contributed by atoms with van der Waals surface area (Å²) < 4.78 is 15.1. The lowest BCUT2D eigenvalue weighted by atomic mass is 9.93. The number of unbranched alkanes of at least 4 members (excludes halogenated alkanes) is 8. The van der Waals surface area contributed by atoms with E-state index in [0.717, 1.165) is 32.3 Å². The second-order valence-corrected chi connectivity index (χ2v) is 8.92. The van der Waals surface area contributed by atoms with E-state index in [-0.39, 0.29) is 0 Å². The first-order valence-corrected chi connectivity index (χ1v) is 12.2. The van der Waals surface area contributed by atoms with Gasteiger partial charge in [0.2, 0.25) is 0 Å². The normalized spacial score (nSPS) is 24.8. The highest BCUT2D eigenvalue weighted by molar-refractivity contribution is 4.71. The zero-order valence-electron chi connectivity index (χ0n) is 18.1. The maximum absolute atomic E-state index is 5.23. The van der Waals surface area contributed by atoms with Crippen LogP contribution in [0.4, 0.5) is 0 Å². The quantitative estimate of drug-likeness (QED) is 0.191. The first-order chi connectivity index (χ1) is 13.4. The summed E-state index contributed by atoms with van der Waals surface area (Å²) in [5, 5.41) is 0. The summed E-state index contributed by atoms with van der Waals surface area (Å²) in [5.41, 5.74) is 0. The molecule has 0 bridgehead atoms. The molecule has 2 saturated heterocycles. The Morgan fingerprint density at radius 3 is 1.63 bits per heavy atom. The molecule has 3 aliphatic rings. The summed E-state index contributed by atoms with van der Waals surface area (Å²) in [4.78, 5) is 0. The molecule has 3 fully saturated rings. The predicted molar refractivity (Wildman–Crippen MR) is 113 cm³/mol. The second kappa shape index (κ2) is 15.8. The number of rotatable bonds is 14. The molecule has 2 unspecified atom stereocenters. The Bertz CT molecular complexity index is 306. The number of epoxide rings is 2. The third kappa shape index (κ3) is 14.5. The molecule has 27 heavy (non-hydrogen) atoms. The summed E-state index contributed by atoms with van der Waals surface area (Å²) in [5.74, 6) is 1.09. The summed E-state index contributed by atoms with van der Waals surface area (Å²) in [7, 11) is 0. The molecule has 0 spiro atoms. The van der Waals surface area contributed by atoms with E-state index in [1.54, 1.807) is 0 Å². The Labute approximate surface area is 168 Å². The Kier molecular flexibility index (Phi) is 13.5. The van der Waals surface area contributed by atoms with Gasteiger partial charge in [0, 0.05) is 0 Å². The van der Waals surface area contributed by atoms with Crippen LogP contribution < -0.4 is 0 Å². The van der Waals surface area contributed by atoms with E-state index in [2.05, 4.69) is 6.92 Å². The van der Waals surface area contributed by atoms with Crippen molar-refractivity contribution in [3.8, 4) is 0 Å².